The lowest BCUT2D eigenvalue weighted by molar-refractivity contribution is 0.601. The molecule has 0 atom stereocenters. The van der Waals surface area contributed by atoms with Gasteiger partial charge in [-0.05, 0) is 42.0 Å². The van der Waals surface area contributed by atoms with Gasteiger partial charge in [0, 0.05) is 23.1 Å². The predicted octanol–water partition coefficient (Wildman–Crippen LogP) is 4.04. The Bertz CT molecular complexity index is 957. The first kappa shape index (κ1) is 16.8. The van der Waals surface area contributed by atoms with Crippen LogP contribution in [0.15, 0.2) is 65.8 Å². The fourth-order valence-corrected chi connectivity index (χ4v) is 4.02. The van der Waals surface area contributed by atoms with Gasteiger partial charge in [-0.3, -0.25) is 9.40 Å². The molecule has 124 valence electrons. The lowest BCUT2D eigenvalue weighted by Crippen LogP contribution is -2.13. The van der Waals surface area contributed by atoms with E-state index in [1.54, 1.807) is 29.1 Å². The molecule has 5 nitrogen and oxygen atoms in total. The van der Waals surface area contributed by atoms with Crippen molar-refractivity contribution >= 4 is 38.9 Å². The Morgan fingerprint density at radius 3 is 2.67 bits per heavy atom. The van der Waals surface area contributed by atoms with E-state index in [0.29, 0.717) is 17.3 Å². The normalized spacial score (nSPS) is 11.4. The van der Waals surface area contributed by atoms with Gasteiger partial charge in [0.1, 0.15) is 4.90 Å². The maximum absolute atomic E-state index is 12.5. The maximum Gasteiger partial charge on any atom is 0.263 e. The topological polar surface area (TPSA) is 64.0 Å². The van der Waals surface area contributed by atoms with Crippen LogP contribution in [0, 0.1) is 0 Å². The highest BCUT2D eigenvalue weighted by atomic mass is 35.5. The molecule has 3 aromatic rings. The summed E-state index contributed by atoms with van der Waals surface area (Å²) in [6.07, 6.45) is 3.52. The number of nitrogens with zero attached hydrogens (tertiary/aromatic N) is 2. The molecule has 0 aliphatic heterocycles. The molecule has 0 saturated carbocycles. The number of hydrogen-bond acceptors (Lipinski definition) is 3. The van der Waals surface area contributed by atoms with E-state index in [2.05, 4.69) is 9.82 Å². The number of anilines is 1. The van der Waals surface area contributed by atoms with Crippen molar-refractivity contribution in [3.8, 4) is 0 Å². The molecule has 2 aromatic carbocycles. The Morgan fingerprint density at radius 1 is 1.08 bits per heavy atom. The zero-order valence-corrected chi connectivity index (χ0v) is 14.7. The number of benzene rings is 2. The van der Waals surface area contributed by atoms with Crippen LogP contribution < -0.4 is 4.72 Å². The summed E-state index contributed by atoms with van der Waals surface area (Å²) in [4.78, 5) is -0.0610. The van der Waals surface area contributed by atoms with Crippen molar-refractivity contribution in [2.24, 2.45) is 0 Å². The van der Waals surface area contributed by atoms with E-state index in [-0.39, 0.29) is 9.92 Å². The van der Waals surface area contributed by atoms with Gasteiger partial charge in [-0.15, -0.1) is 0 Å². The highest BCUT2D eigenvalue weighted by Crippen LogP contribution is 2.27. The van der Waals surface area contributed by atoms with E-state index in [4.69, 9.17) is 23.2 Å². The molecule has 0 amide bonds. The quantitative estimate of drug-likeness (QED) is 0.725. The first-order valence-electron chi connectivity index (χ1n) is 6.98. The molecule has 24 heavy (non-hydrogen) atoms. The zero-order valence-electron chi connectivity index (χ0n) is 12.4. The van der Waals surface area contributed by atoms with Gasteiger partial charge in [0.05, 0.1) is 11.6 Å². The summed E-state index contributed by atoms with van der Waals surface area (Å²) in [5.41, 5.74) is 1.35. The summed E-state index contributed by atoms with van der Waals surface area (Å²) < 4.78 is 29.3. The largest absolute Gasteiger partial charge is 0.280 e. The van der Waals surface area contributed by atoms with E-state index >= 15 is 0 Å². The van der Waals surface area contributed by atoms with Crippen molar-refractivity contribution in [2.45, 2.75) is 11.4 Å². The molecule has 0 aliphatic rings. The van der Waals surface area contributed by atoms with Crippen LogP contribution in [0.1, 0.15) is 5.56 Å². The van der Waals surface area contributed by atoms with Gasteiger partial charge in [0.2, 0.25) is 0 Å². The highest BCUT2D eigenvalue weighted by molar-refractivity contribution is 7.92. The van der Waals surface area contributed by atoms with Crippen LogP contribution in [-0.4, -0.2) is 18.2 Å². The fraction of sp³-hybridized carbons (Fsp3) is 0.0625. The second-order valence-electron chi connectivity index (χ2n) is 5.08. The van der Waals surface area contributed by atoms with E-state index in [0.717, 1.165) is 5.56 Å². The van der Waals surface area contributed by atoms with Crippen LogP contribution in [0.4, 0.5) is 5.69 Å². The van der Waals surface area contributed by atoms with Gasteiger partial charge in [-0.25, -0.2) is 8.42 Å². The van der Waals surface area contributed by atoms with Gasteiger partial charge in [0.25, 0.3) is 10.0 Å². The van der Waals surface area contributed by atoms with Crippen molar-refractivity contribution in [1.82, 2.24) is 9.78 Å². The summed E-state index contributed by atoms with van der Waals surface area (Å²) in [7, 11) is -3.83. The Hall–Kier alpha value is -2.02. The molecular formula is C16H13Cl2N3O2S. The molecule has 0 aliphatic carbocycles. The number of sulfonamides is 1. The van der Waals surface area contributed by atoms with E-state index in [1.165, 1.54) is 18.2 Å². The Labute approximate surface area is 149 Å². The molecule has 0 spiro atoms. The first-order chi connectivity index (χ1) is 11.4. The number of nitrogens with one attached hydrogen (secondary N) is 1. The van der Waals surface area contributed by atoms with Crippen LogP contribution in [0.2, 0.25) is 10.0 Å². The lowest BCUT2D eigenvalue weighted by atomic mass is 10.2. The smallest absolute Gasteiger partial charge is 0.263 e. The predicted molar refractivity (Wildman–Crippen MR) is 95.0 cm³/mol. The van der Waals surface area contributed by atoms with Crippen molar-refractivity contribution in [1.29, 1.82) is 0 Å². The van der Waals surface area contributed by atoms with Crippen molar-refractivity contribution in [2.75, 3.05) is 4.72 Å². The second kappa shape index (κ2) is 6.84. The molecule has 1 heterocycles. The van der Waals surface area contributed by atoms with E-state index in [1.807, 2.05) is 18.3 Å². The third-order valence-corrected chi connectivity index (χ3v) is 5.36. The SMILES string of the molecule is O=S(=O)(Nc1cccc(Cn2cccn2)c1)c1cc(Cl)ccc1Cl. The maximum atomic E-state index is 12.5. The summed E-state index contributed by atoms with van der Waals surface area (Å²) >= 11 is 11.9. The molecule has 0 unspecified atom stereocenters. The van der Waals surface area contributed by atoms with Gasteiger partial charge >= 0.3 is 0 Å². The average molecular weight is 382 g/mol. The van der Waals surface area contributed by atoms with Crippen LogP contribution in [0.5, 0.6) is 0 Å². The minimum atomic E-state index is -3.83. The number of rotatable bonds is 5. The minimum absolute atomic E-state index is 0.0610. The van der Waals surface area contributed by atoms with Crippen LogP contribution in [-0.2, 0) is 16.6 Å². The molecule has 1 N–H and O–H groups in total. The standard InChI is InChI=1S/C16H13Cl2N3O2S/c17-13-5-6-15(18)16(10-13)24(22,23)20-14-4-1-3-12(9-14)11-21-8-2-7-19-21/h1-10,20H,11H2. The van der Waals surface area contributed by atoms with Crippen molar-refractivity contribution in [3.63, 3.8) is 0 Å². The van der Waals surface area contributed by atoms with Crippen molar-refractivity contribution < 1.29 is 8.42 Å². The molecule has 0 radical (unpaired) electrons. The van der Waals surface area contributed by atoms with Gasteiger partial charge < -0.3 is 0 Å². The second-order valence-corrected chi connectivity index (χ2v) is 7.58. The summed E-state index contributed by atoms with van der Waals surface area (Å²) in [6, 6.07) is 13.2. The van der Waals surface area contributed by atoms with E-state index in [9.17, 15) is 8.42 Å². The third-order valence-electron chi connectivity index (χ3n) is 3.27. The van der Waals surface area contributed by atoms with Crippen LogP contribution in [0.3, 0.4) is 0 Å². The van der Waals surface area contributed by atoms with Gasteiger partial charge in [-0.2, -0.15) is 5.10 Å². The fourth-order valence-electron chi connectivity index (χ4n) is 2.21. The molecule has 0 fully saturated rings. The summed E-state index contributed by atoms with van der Waals surface area (Å²) in [6.45, 7) is 0.542. The van der Waals surface area contributed by atoms with Gasteiger partial charge in [-0.1, -0.05) is 35.3 Å². The van der Waals surface area contributed by atoms with Crippen LogP contribution >= 0.6 is 23.2 Å². The Balaban J connectivity index is 1.86. The first-order valence-corrected chi connectivity index (χ1v) is 9.22. The minimum Gasteiger partial charge on any atom is -0.280 e. The molecule has 8 heteroatoms. The Kier molecular flexibility index (Phi) is 4.80. The Morgan fingerprint density at radius 2 is 1.92 bits per heavy atom. The number of hydrogen-bond donors (Lipinski definition) is 1. The van der Waals surface area contributed by atoms with Crippen molar-refractivity contribution in [3.05, 3.63) is 76.5 Å². The lowest BCUT2D eigenvalue weighted by Gasteiger charge is -2.11. The average Bonchev–Trinajstić information content (AvgIpc) is 3.02. The van der Waals surface area contributed by atoms with E-state index < -0.39 is 10.0 Å². The summed E-state index contributed by atoms with van der Waals surface area (Å²) in [5.74, 6) is 0. The molecular weight excluding hydrogens is 369 g/mol. The van der Waals surface area contributed by atoms with Crippen LogP contribution in [0.25, 0.3) is 0 Å². The monoisotopic (exact) mass is 381 g/mol. The third kappa shape index (κ3) is 3.90. The highest BCUT2D eigenvalue weighted by Gasteiger charge is 2.18. The molecule has 0 bridgehead atoms. The number of halogens is 2. The molecule has 3 rings (SSSR count). The molecule has 0 saturated heterocycles. The number of aromatic nitrogens is 2. The summed E-state index contributed by atoms with van der Waals surface area (Å²) in [5, 5.41) is 4.54. The zero-order chi connectivity index (χ0) is 17.2. The van der Waals surface area contributed by atoms with Gasteiger partial charge in [0.15, 0.2) is 0 Å². The molecule has 1 aromatic heterocycles.